The third-order valence-corrected chi connectivity index (χ3v) is 4.05. The molecule has 2 aromatic rings. The van der Waals surface area contributed by atoms with Crippen molar-refractivity contribution in [1.29, 1.82) is 0 Å². The summed E-state index contributed by atoms with van der Waals surface area (Å²) in [5.74, 6) is -0.172. The number of rotatable bonds is 3. The molecule has 0 aliphatic heterocycles. The van der Waals surface area contributed by atoms with Crippen LogP contribution >= 0.6 is 0 Å². The molecule has 3 nitrogen and oxygen atoms in total. The number of nitrogens with two attached hydrogens (primary N) is 1. The minimum atomic E-state index is -1.22. The highest BCUT2D eigenvalue weighted by molar-refractivity contribution is 7.84. The number of pyridine rings is 1. The first-order chi connectivity index (χ1) is 8.56. The highest BCUT2D eigenvalue weighted by Gasteiger charge is 2.09. The summed E-state index contributed by atoms with van der Waals surface area (Å²) in [6.07, 6.45) is 2.65. The quantitative estimate of drug-likeness (QED) is 0.866. The molecule has 0 spiro atoms. The molecule has 1 aromatic heterocycles. The molecule has 1 unspecified atom stereocenters. The predicted molar refractivity (Wildman–Crippen MR) is 69.9 cm³/mol. The Morgan fingerprint density at radius 1 is 1.33 bits per heavy atom. The lowest BCUT2D eigenvalue weighted by Gasteiger charge is -2.06. The van der Waals surface area contributed by atoms with Crippen LogP contribution in [0.1, 0.15) is 11.1 Å². The SMILES string of the molecule is Cc1cc(N)ccc1S(=O)Cc1cncc(F)c1. The van der Waals surface area contributed by atoms with Crippen LogP contribution in [0.15, 0.2) is 41.6 Å². The Morgan fingerprint density at radius 3 is 2.78 bits per heavy atom. The average molecular weight is 264 g/mol. The summed E-state index contributed by atoms with van der Waals surface area (Å²) in [6, 6.07) is 6.58. The molecule has 0 bridgehead atoms. The molecule has 0 aliphatic rings. The van der Waals surface area contributed by atoms with E-state index in [1.54, 1.807) is 18.2 Å². The van der Waals surface area contributed by atoms with Gasteiger partial charge in [0.1, 0.15) is 5.82 Å². The van der Waals surface area contributed by atoms with Gasteiger partial charge in [0.05, 0.1) is 22.7 Å². The summed E-state index contributed by atoms with van der Waals surface area (Å²) in [5.41, 5.74) is 7.77. The molecule has 0 saturated heterocycles. The number of benzene rings is 1. The van der Waals surface area contributed by atoms with E-state index in [4.69, 9.17) is 5.73 Å². The van der Waals surface area contributed by atoms with Crippen LogP contribution < -0.4 is 5.73 Å². The van der Waals surface area contributed by atoms with Gasteiger partial charge in [0.25, 0.3) is 0 Å². The molecule has 2 N–H and O–H groups in total. The van der Waals surface area contributed by atoms with E-state index in [0.717, 1.165) is 11.8 Å². The van der Waals surface area contributed by atoms with Gasteiger partial charge < -0.3 is 5.73 Å². The van der Waals surface area contributed by atoms with E-state index >= 15 is 0 Å². The molecule has 94 valence electrons. The van der Waals surface area contributed by atoms with Crippen LogP contribution in [0.3, 0.4) is 0 Å². The number of halogens is 1. The Kier molecular flexibility index (Phi) is 3.72. The number of hydrogen-bond donors (Lipinski definition) is 1. The number of aryl methyl sites for hydroxylation is 1. The van der Waals surface area contributed by atoms with Crippen molar-refractivity contribution in [2.45, 2.75) is 17.6 Å². The molecule has 2 rings (SSSR count). The number of hydrogen-bond acceptors (Lipinski definition) is 3. The molecule has 0 saturated carbocycles. The summed E-state index contributed by atoms with van der Waals surface area (Å²) >= 11 is 0. The number of nitrogen functional groups attached to an aromatic ring is 1. The maximum Gasteiger partial charge on any atom is 0.141 e. The minimum absolute atomic E-state index is 0.246. The molecule has 1 aromatic carbocycles. The second-order valence-corrected chi connectivity index (χ2v) is 5.45. The Labute approximate surface area is 107 Å². The fourth-order valence-corrected chi connectivity index (χ4v) is 2.95. The zero-order valence-electron chi connectivity index (χ0n) is 9.89. The summed E-state index contributed by atoms with van der Waals surface area (Å²) in [4.78, 5) is 4.45. The van der Waals surface area contributed by atoms with Crippen LogP contribution in [-0.2, 0) is 16.6 Å². The average Bonchev–Trinajstić information content (AvgIpc) is 2.28. The molecule has 0 amide bonds. The molecular weight excluding hydrogens is 251 g/mol. The van der Waals surface area contributed by atoms with Gasteiger partial charge in [0.15, 0.2) is 0 Å². The monoisotopic (exact) mass is 264 g/mol. The van der Waals surface area contributed by atoms with Gasteiger partial charge in [-0.2, -0.15) is 0 Å². The van der Waals surface area contributed by atoms with Crippen LogP contribution in [0.2, 0.25) is 0 Å². The van der Waals surface area contributed by atoms with E-state index in [-0.39, 0.29) is 5.75 Å². The highest BCUT2D eigenvalue weighted by Crippen LogP contribution is 2.19. The largest absolute Gasteiger partial charge is 0.399 e. The third kappa shape index (κ3) is 2.92. The van der Waals surface area contributed by atoms with E-state index in [1.165, 1.54) is 12.3 Å². The van der Waals surface area contributed by atoms with Crippen molar-refractivity contribution in [1.82, 2.24) is 4.98 Å². The normalized spacial score (nSPS) is 12.3. The number of anilines is 1. The van der Waals surface area contributed by atoms with Gasteiger partial charge in [-0.25, -0.2) is 4.39 Å². The Balaban J connectivity index is 2.22. The van der Waals surface area contributed by atoms with Crippen molar-refractivity contribution in [3.63, 3.8) is 0 Å². The van der Waals surface area contributed by atoms with Crippen LogP contribution in [-0.4, -0.2) is 9.19 Å². The smallest absolute Gasteiger partial charge is 0.141 e. The molecular formula is C13H13FN2OS. The summed E-state index contributed by atoms with van der Waals surface area (Å²) in [5, 5.41) is 0. The summed E-state index contributed by atoms with van der Waals surface area (Å²) in [7, 11) is -1.22. The van der Waals surface area contributed by atoms with Crippen LogP contribution in [0.5, 0.6) is 0 Å². The van der Waals surface area contributed by atoms with Crippen molar-refractivity contribution in [3.8, 4) is 0 Å². The van der Waals surface area contributed by atoms with Crippen LogP contribution in [0, 0.1) is 12.7 Å². The van der Waals surface area contributed by atoms with E-state index in [0.29, 0.717) is 16.1 Å². The maximum absolute atomic E-state index is 13.0. The van der Waals surface area contributed by atoms with E-state index in [2.05, 4.69) is 4.98 Å². The van der Waals surface area contributed by atoms with Crippen molar-refractivity contribution >= 4 is 16.5 Å². The molecule has 1 atom stereocenters. The first-order valence-electron chi connectivity index (χ1n) is 5.40. The first kappa shape index (κ1) is 12.7. The molecule has 5 heteroatoms. The summed E-state index contributed by atoms with van der Waals surface area (Å²) in [6.45, 7) is 1.85. The standard InChI is InChI=1S/C13H13FN2OS/c1-9-4-12(15)2-3-13(9)18(17)8-10-5-11(14)7-16-6-10/h2-7H,8,15H2,1H3. The van der Waals surface area contributed by atoms with Crippen molar-refractivity contribution in [2.75, 3.05) is 5.73 Å². The van der Waals surface area contributed by atoms with Gasteiger partial charge in [-0.3, -0.25) is 9.19 Å². The zero-order valence-corrected chi connectivity index (χ0v) is 10.7. The lowest BCUT2D eigenvalue weighted by Crippen LogP contribution is -2.00. The zero-order chi connectivity index (χ0) is 13.1. The van der Waals surface area contributed by atoms with Gasteiger partial charge in [-0.15, -0.1) is 0 Å². The molecule has 18 heavy (non-hydrogen) atoms. The highest BCUT2D eigenvalue weighted by atomic mass is 32.2. The predicted octanol–water partition coefficient (Wildman–Crippen LogP) is 2.42. The lowest BCUT2D eigenvalue weighted by molar-refractivity contribution is 0.619. The van der Waals surface area contributed by atoms with Gasteiger partial charge in [-0.05, 0) is 42.3 Å². The van der Waals surface area contributed by atoms with Gasteiger partial charge in [0, 0.05) is 16.8 Å². The van der Waals surface area contributed by atoms with Gasteiger partial charge >= 0.3 is 0 Å². The Bertz CT molecular complexity index is 601. The third-order valence-electron chi connectivity index (χ3n) is 2.50. The minimum Gasteiger partial charge on any atom is -0.399 e. The van der Waals surface area contributed by atoms with Gasteiger partial charge in [-0.1, -0.05) is 0 Å². The van der Waals surface area contributed by atoms with E-state index < -0.39 is 16.6 Å². The second kappa shape index (κ2) is 5.27. The van der Waals surface area contributed by atoms with E-state index in [1.807, 2.05) is 6.92 Å². The molecule has 0 aliphatic carbocycles. The summed E-state index contributed by atoms with van der Waals surface area (Å²) < 4.78 is 25.2. The van der Waals surface area contributed by atoms with Gasteiger partial charge in [0.2, 0.25) is 0 Å². The molecule has 0 fully saturated rings. The molecule has 0 radical (unpaired) electrons. The number of aromatic nitrogens is 1. The van der Waals surface area contributed by atoms with Crippen LogP contribution in [0.4, 0.5) is 10.1 Å². The molecule has 1 heterocycles. The van der Waals surface area contributed by atoms with Crippen molar-refractivity contribution in [3.05, 3.63) is 53.6 Å². The fraction of sp³-hybridized carbons (Fsp3) is 0.154. The topological polar surface area (TPSA) is 56.0 Å². The Hall–Kier alpha value is -1.75. The Morgan fingerprint density at radius 2 is 2.11 bits per heavy atom. The van der Waals surface area contributed by atoms with Crippen LogP contribution in [0.25, 0.3) is 0 Å². The first-order valence-corrected chi connectivity index (χ1v) is 6.72. The van der Waals surface area contributed by atoms with Crippen molar-refractivity contribution in [2.24, 2.45) is 0 Å². The second-order valence-electron chi connectivity index (χ2n) is 4.03. The lowest BCUT2D eigenvalue weighted by atomic mass is 10.2. The van der Waals surface area contributed by atoms with E-state index in [9.17, 15) is 8.60 Å². The fourth-order valence-electron chi connectivity index (χ4n) is 1.69. The number of nitrogens with zero attached hydrogens (tertiary/aromatic N) is 1. The maximum atomic E-state index is 13.0. The van der Waals surface area contributed by atoms with Crippen molar-refractivity contribution < 1.29 is 8.60 Å².